The van der Waals surface area contributed by atoms with Crippen LogP contribution in [0.4, 0.5) is 13.2 Å². The maximum atomic E-state index is 15.1. The zero-order valence-corrected chi connectivity index (χ0v) is 19.8. The average Bonchev–Trinajstić information content (AvgIpc) is 3.49. The molecule has 1 aromatic carbocycles. The molecule has 3 aromatic rings. The Morgan fingerprint density at radius 3 is 2.62 bits per heavy atom. The van der Waals surface area contributed by atoms with Gasteiger partial charge in [0.05, 0.1) is 29.3 Å². The van der Waals surface area contributed by atoms with Crippen LogP contribution in [0.3, 0.4) is 0 Å². The summed E-state index contributed by atoms with van der Waals surface area (Å²) in [6, 6.07) is 4.92. The van der Waals surface area contributed by atoms with E-state index in [1.807, 2.05) is 0 Å². The molecule has 11 heteroatoms. The molecular weight excluding hydrogens is 491 g/mol. The molecule has 0 aliphatic carbocycles. The van der Waals surface area contributed by atoms with Crippen LogP contribution in [0, 0.1) is 17.5 Å². The molecule has 0 bridgehead atoms. The first-order chi connectivity index (χ1) is 17.9. The molecule has 2 atom stereocenters. The van der Waals surface area contributed by atoms with Crippen LogP contribution < -0.4 is 4.74 Å². The van der Waals surface area contributed by atoms with E-state index in [2.05, 4.69) is 9.97 Å². The number of carbonyl (C=O) groups excluding carboxylic acids is 1. The summed E-state index contributed by atoms with van der Waals surface area (Å²) in [6.07, 6.45) is 2.80. The molecule has 1 saturated heterocycles. The summed E-state index contributed by atoms with van der Waals surface area (Å²) in [5.74, 6) is -2.90. The van der Waals surface area contributed by atoms with E-state index in [0.717, 1.165) is 18.2 Å². The van der Waals surface area contributed by atoms with E-state index in [0.29, 0.717) is 54.9 Å². The lowest BCUT2D eigenvalue weighted by Crippen LogP contribution is -2.36. The highest BCUT2D eigenvalue weighted by atomic mass is 19.1. The zero-order chi connectivity index (χ0) is 26.1. The smallest absolute Gasteiger partial charge is 0.248 e. The van der Waals surface area contributed by atoms with Crippen LogP contribution in [-0.2, 0) is 9.53 Å². The lowest BCUT2D eigenvalue weighted by atomic mass is 9.96. The summed E-state index contributed by atoms with van der Waals surface area (Å²) < 4.78 is 56.6. The van der Waals surface area contributed by atoms with Crippen molar-refractivity contribution in [1.29, 1.82) is 0 Å². The number of carbonyl (C=O) groups is 1. The van der Waals surface area contributed by atoms with E-state index in [4.69, 9.17) is 19.7 Å². The Morgan fingerprint density at radius 2 is 1.95 bits per heavy atom. The minimum Gasteiger partial charge on any atom is -0.473 e. The van der Waals surface area contributed by atoms with Crippen LogP contribution in [0.5, 0.6) is 5.88 Å². The van der Waals surface area contributed by atoms with E-state index >= 15 is 8.78 Å². The van der Waals surface area contributed by atoms with Crippen LogP contribution >= 0.6 is 0 Å². The van der Waals surface area contributed by atoms with E-state index in [9.17, 15) is 9.18 Å². The van der Waals surface area contributed by atoms with Crippen molar-refractivity contribution >= 4 is 22.5 Å². The largest absolute Gasteiger partial charge is 0.473 e. The van der Waals surface area contributed by atoms with Crippen LogP contribution in [0.2, 0.25) is 0 Å². The van der Waals surface area contributed by atoms with Gasteiger partial charge in [0.15, 0.2) is 11.7 Å². The van der Waals surface area contributed by atoms with Crippen molar-refractivity contribution in [3.8, 4) is 17.1 Å². The van der Waals surface area contributed by atoms with Gasteiger partial charge in [0.25, 0.3) is 0 Å². The number of aromatic amines is 1. The number of halogens is 3. The highest BCUT2D eigenvalue weighted by Gasteiger charge is 2.27. The minimum atomic E-state index is -0.958. The number of amides is 1. The number of nitrogens with one attached hydrogen (secondary N) is 1. The third kappa shape index (κ3) is 5.20. The Bertz CT molecular complexity index is 1340. The molecule has 8 nitrogen and oxygen atoms in total. The van der Waals surface area contributed by atoms with E-state index in [1.165, 1.54) is 11.0 Å². The average molecular weight is 518 g/mol. The van der Waals surface area contributed by atoms with Gasteiger partial charge in [-0.25, -0.2) is 18.2 Å². The summed E-state index contributed by atoms with van der Waals surface area (Å²) in [6.45, 7) is 0.308. The predicted molar refractivity (Wildman–Crippen MR) is 128 cm³/mol. The van der Waals surface area contributed by atoms with Gasteiger partial charge in [0.1, 0.15) is 30.0 Å². The van der Waals surface area contributed by atoms with Crippen LogP contribution in [-0.4, -0.2) is 76.1 Å². The molecule has 37 heavy (non-hydrogen) atoms. The second-order valence-electron chi connectivity index (χ2n) is 9.12. The Morgan fingerprint density at radius 1 is 1.16 bits per heavy atom. The molecule has 0 spiro atoms. The molecule has 1 fully saturated rings. The Labute approximate surface area is 210 Å². The molecule has 2 aromatic heterocycles. The van der Waals surface area contributed by atoms with E-state index in [-0.39, 0.29) is 30.9 Å². The molecule has 1 amide bonds. The molecular formula is C26H26F3N3O5. The fourth-order valence-corrected chi connectivity index (χ4v) is 4.77. The zero-order valence-electron chi connectivity index (χ0n) is 19.8. The molecule has 196 valence electrons. The van der Waals surface area contributed by atoms with Crippen molar-refractivity contribution in [3.63, 3.8) is 0 Å². The summed E-state index contributed by atoms with van der Waals surface area (Å²) in [4.78, 5) is 20.2. The Hall–Kier alpha value is -3.41. The molecule has 0 saturated carbocycles. The summed E-state index contributed by atoms with van der Waals surface area (Å²) >= 11 is 0. The fourth-order valence-electron chi connectivity index (χ4n) is 4.77. The molecule has 2 aliphatic rings. The summed E-state index contributed by atoms with van der Waals surface area (Å²) in [7, 11) is 0. The number of aromatic nitrogens is 2. The molecule has 2 aliphatic heterocycles. The molecule has 3 N–H and O–H groups in total. The quantitative estimate of drug-likeness (QED) is 0.445. The maximum absolute atomic E-state index is 15.1. The second kappa shape index (κ2) is 10.5. The van der Waals surface area contributed by atoms with E-state index in [1.54, 1.807) is 6.08 Å². The van der Waals surface area contributed by atoms with E-state index < -0.39 is 41.2 Å². The lowest BCUT2D eigenvalue weighted by molar-refractivity contribution is -0.133. The number of aliphatic hydroxyl groups is 2. The number of hydrogen-bond donors (Lipinski definition) is 3. The van der Waals surface area contributed by atoms with Crippen molar-refractivity contribution in [3.05, 3.63) is 53.4 Å². The van der Waals surface area contributed by atoms with Gasteiger partial charge in [-0.05, 0) is 36.1 Å². The fraction of sp³-hybridized carbons (Fsp3) is 0.385. The Balaban J connectivity index is 1.38. The number of rotatable bonds is 7. The Kier molecular flexibility index (Phi) is 7.18. The number of benzene rings is 1. The van der Waals surface area contributed by atoms with Crippen molar-refractivity contribution in [2.24, 2.45) is 0 Å². The number of pyridine rings is 1. The van der Waals surface area contributed by atoms with Crippen molar-refractivity contribution in [2.75, 3.05) is 32.9 Å². The molecule has 0 radical (unpaired) electrons. The normalized spacial score (nSPS) is 19.9. The number of hydrogen-bond acceptors (Lipinski definition) is 6. The first kappa shape index (κ1) is 25.2. The van der Waals surface area contributed by atoms with Crippen LogP contribution in [0.1, 0.15) is 24.8 Å². The first-order valence-corrected chi connectivity index (χ1v) is 12.0. The van der Waals surface area contributed by atoms with Gasteiger partial charge in [0.2, 0.25) is 5.91 Å². The molecule has 5 rings (SSSR count). The highest BCUT2D eigenvalue weighted by molar-refractivity contribution is 5.82. The number of aliphatic hydroxyl groups excluding tert-OH is 2. The summed E-state index contributed by atoms with van der Waals surface area (Å²) in [5, 5.41) is 18.0. The van der Waals surface area contributed by atoms with Gasteiger partial charge in [-0.3, -0.25) is 4.79 Å². The number of ether oxygens (including phenoxy) is 2. The summed E-state index contributed by atoms with van der Waals surface area (Å²) in [5.41, 5.74) is 0.518. The van der Waals surface area contributed by atoms with Gasteiger partial charge < -0.3 is 29.6 Å². The standard InChI is InChI=1S/C26H26F3N3O5/c27-18-7-15(14-1-4-32(5-2-14)24(35)12-34)8-19(28)25(18)26-20(29)10-21-22(31-26)11-23(30-21)37-17-9-16(3-6-33)36-13-17/h1,7-8,10-11,16-17,30,33-34H,2-6,9,12-13H2/t16-,17+/m1/s1. The number of H-pyrrole nitrogens is 1. The molecule has 4 heterocycles. The van der Waals surface area contributed by atoms with Crippen molar-refractivity contribution in [1.82, 2.24) is 14.9 Å². The molecule has 0 unspecified atom stereocenters. The van der Waals surface area contributed by atoms with Gasteiger partial charge in [-0.2, -0.15) is 0 Å². The lowest BCUT2D eigenvalue weighted by Gasteiger charge is -2.26. The minimum absolute atomic E-state index is 0.0195. The number of nitrogens with zero attached hydrogens (tertiary/aromatic N) is 2. The maximum Gasteiger partial charge on any atom is 0.248 e. The third-order valence-electron chi connectivity index (χ3n) is 6.67. The van der Waals surface area contributed by atoms with Crippen molar-refractivity contribution in [2.45, 2.75) is 31.5 Å². The van der Waals surface area contributed by atoms with Gasteiger partial charge in [-0.1, -0.05) is 6.08 Å². The predicted octanol–water partition coefficient (Wildman–Crippen LogP) is 3.17. The van der Waals surface area contributed by atoms with Crippen molar-refractivity contribution < 1.29 is 37.7 Å². The topological polar surface area (TPSA) is 108 Å². The number of fused-ring (bicyclic) bond motifs is 1. The van der Waals surface area contributed by atoms with Gasteiger partial charge >= 0.3 is 0 Å². The SMILES string of the molecule is O=C(CO)N1CC=C(c2cc(F)c(-c3nc4cc(O[C@@H]5CO[C@H](CCO)C5)[nH]c4cc3F)c(F)c2)CC1. The first-order valence-electron chi connectivity index (χ1n) is 12.0. The third-order valence-corrected chi connectivity index (χ3v) is 6.67. The van der Waals surface area contributed by atoms with Crippen LogP contribution in [0.25, 0.3) is 27.9 Å². The monoisotopic (exact) mass is 517 g/mol. The van der Waals surface area contributed by atoms with Crippen LogP contribution in [0.15, 0.2) is 30.3 Å². The second-order valence-corrected chi connectivity index (χ2v) is 9.12. The van der Waals surface area contributed by atoms with Gasteiger partial charge in [-0.15, -0.1) is 0 Å². The highest BCUT2D eigenvalue weighted by Crippen LogP contribution is 2.34. The van der Waals surface area contributed by atoms with Gasteiger partial charge in [0, 0.05) is 38.2 Å².